The Morgan fingerprint density at radius 2 is 1.94 bits per heavy atom. The van der Waals surface area contributed by atoms with E-state index in [0.717, 1.165) is 29.8 Å². The van der Waals surface area contributed by atoms with E-state index in [1.54, 1.807) is 5.57 Å². The molecule has 3 rings (SSSR count). The van der Waals surface area contributed by atoms with E-state index in [-0.39, 0.29) is 12.5 Å². The van der Waals surface area contributed by atoms with Crippen LogP contribution >= 0.6 is 11.6 Å². The predicted molar refractivity (Wildman–Crippen MR) is 131 cm³/mol. The molecule has 0 aliphatic heterocycles. The largest absolute Gasteiger partial charge is 0.490 e. The van der Waals surface area contributed by atoms with Crippen LogP contribution in [-0.4, -0.2) is 25.7 Å². The van der Waals surface area contributed by atoms with Gasteiger partial charge < -0.3 is 20.1 Å². The Hall–Kier alpha value is -2.50. The summed E-state index contributed by atoms with van der Waals surface area (Å²) in [5.74, 6) is 0.689. The molecule has 2 N–H and O–H groups in total. The van der Waals surface area contributed by atoms with Crippen molar-refractivity contribution in [2.24, 2.45) is 0 Å². The Morgan fingerprint density at radius 1 is 1.12 bits per heavy atom. The van der Waals surface area contributed by atoms with Gasteiger partial charge in [0, 0.05) is 12.2 Å². The van der Waals surface area contributed by atoms with Crippen LogP contribution in [0.2, 0.25) is 5.02 Å². The second-order valence-electron chi connectivity index (χ2n) is 8.08. The number of amides is 1. The molecule has 0 radical (unpaired) electrons. The molecule has 0 saturated carbocycles. The van der Waals surface area contributed by atoms with Crippen molar-refractivity contribution in [3.8, 4) is 11.5 Å². The molecule has 0 spiro atoms. The highest BCUT2D eigenvalue weighted by atomic mass is 35.5. The summed E-state index contributed by atoms with van der Waals surface area (Å²) in [6.45, 7) is 5.86. The van der Waals surface area contributed by atoms with E-state index in [1.165, 1.54) is 25.7 Å². The Morgan fingerprint density at radius 3 is 2.66 bits per heavy atom. The molecule has 2 aromatic carbocycles. The molecule has 0 fully saturated rings. The van der Waals surface area contributed by atoms with Crippen molar-refractivity contribution in [1.82, 2.24) is 5.32 Å². The van der Waals surface area contributed by atoms with Crippen LogP contribution in [0.4, 0.5) is 5.69 Å². The maximum absolute atomic E-state index is 12.3. The van der Waals surface area contributed by atoms with Crippen LogP contribution in [0, 0.1) is 6.92 Å². The highest BCUT2D eigenvalue weighted by Crippen LogP contribution is 2.36. The lowest BCUT2D eigenvalue weighted by Gasteiger charge is -2.16. The zero-order valence-corrected chi connectivity index (χ0v) is 19.8. The molecule has 2 aromatic rings. The molecule has 0 bridgehead atoms. The van der Waals surface area contributed by atoms with Crippen LogP contribution in [0.1, 0.15) is 50.2 Å². The van der Waals surface area contributed by atoms with Crippen LogP contribution in [-0.2, 0) is 11.3 Å². The van der Waals surface area contributed by atoms with Gasteiger partial charge in [-0.05, 0) is 82.3 Å². The van der Waals surface area contributed by atoms with E-state index in [1.807, 2.05) is 50.2 Å². The van der Waals surface area contributed by atoms with Gasteiger partial charge in [0.25, 0.3) is 5.91 Å². The molecule has 1 aliphatic carbocycles. The molecule has 0 heterocycles. The average Bonchev–Trinajstić information content (AvgIpc) is 2.79. The third kappa shape index (κ3) is 7.57. The SMILES string of the molecule is CCOc1cc(CNCCC2=CCCCC2)cc(Cl)c1OCC(=O)Nc1ccc(C)cc1. The predicted octanol–water partition coefficient (Wildman–Crippen LogP) is 6.04. The van der Waals surface area contributed by atoms with Crippen LogP contribution in [0.5, 0.6) is 11.5 Å². The Balaban J connectivity index is 1.54. The molecule has 1 amide bonds. The van der Waals surface area contributed by atoms with E-state index >= 15 is 0 Å². The van der Waals surface area contributed by atoms with Crippen molar-refractivity contribution >= 4 is 23.2 Å². The van der Waals surface area contributed by atoms with Crippen LogP contribution in [0.15, 0.2) is 48.0 Å². The summed E-state index contributed by atoms with van der Waals surface area (Å²) in [6, 6.07) is 11.4. The average molecular weight is 457 g/mol. The number of carbonyl (C=O) groups excluding carboxylic acids is 1. The van der Waals surface area contributed by atoms with Crippen LogP contribution in [0.25, 0.3) is 0 Å². The number of nitrogens with one attached hydrogen (secondary N) is 2. The first-order valence-electron chi connectivity index (χ1n) is 11.4. The first kappa shape index (κ1) is 24.1. The standard InChI is InChI=1S/C26H33ClN2O3/c1-3-31-24-16-21(17-28-14-13-20-7-5-4-6-8-20)15-23(27)26(24)32-18-25(30)29-22-11-9-19(2)10-12-22/h7,9-12,15-16,28H,3-6,8,13-14,17-18H2,1-2H3,(H,29,30). The van der Waals surface area contributed by atoms with Gasteiger partial charge in [-0.1, -0.05) is 40.9 Å². The van der Waals surface area contributed by atoms with E-state index < -0.39 is 0 Å². The van der Waals surface area contributed by atoms with Gasteiger partial charge in [-0.25, -0.2) is 0 Å². The number of hydrogen-bond acceptors (Lipinski definition) is 4. The fourth-order valence-corrected chi connectivity index (χ4v) is 4.00. The highest BCUT2D eigenvalue weighted by Gasteiger charge is 2.15. The number of benzene rings is 2. The van der Waals surface area contributed by atoms with Crippen molar-refractivity contribution in [2.45, 2.75) is 52.5 Å². The monoisotopic (exact) mass is 456 g/mol. The van der Waals surface area contributed by atoms with Gasteiger partial charge in [0.1, 0.15) is 0 Å². The van der Waals surface area contributed by atoms with Crippen molar-refractivity contribution in [2.75, 3.05) is 25.1 Å². The number of ether oxygens (including phenoxy) is 2. The lowest BCUT2D eigenvalue weighted by molar-refractivity contribution is -0.118. The van der Waals surface area contributed by atoms with Crippen molar-refractivity contribution in [3.63, 3.8) is 0 Å². The molecule has 0 saturated heterocycles. The van der Waals surface area contributed by atoms with E-state index in [9.17, 15) is 4.79 Å². The van der Waals surface area contributed by atoms with E-state index in [4.69, 9.17) is 21.1 Å². The van der Waals surface area contributed by atoms with Crippen molar-refractivity contribution < 1.29 is 14.3 Å². The molecular weight excluding hydrogens is 424 g/mol. The van der Waals surface area contributed by atoms with Gasteiger partial charge in [0.15, 0.2) is 18.1 Å². The van der Waals surface area contributed by atoms with Gasteiger partial charge in [-0.2, -0.15) is 0 Å². The quantitative estimate of drug-likeness (QED) is 0.319. The molecule has 5 nitrogen and oxygen atoms in total. The fraction of sp³-hybridized carbons (Fsp3) is 0.423. The molecule has 0 unspecified atom stereocenters. The third-order valence-electron chi connectivity index (χ3n) is 5.39. The second-order valence-corrected chi connectivity index (χ2v) is 8.48. The number of carbonyl (C=O) groups is 1. The summed E-state index contributed by atoms with van der Waals surface area (Å²) < 4.78 is 11.5. The molecule has 172 valence electrons. The zero-order valence-electron chi connectivity index (χ0n) is 19.0. The summed E-state index contributed by atoms with van der Waals surface area (Å²) >= 11 is 6.49. The minimum absolute atomic E-state index is 0.152. The molecule has 0 atom stereocenters. The molecular formula is C26H33ClN2O3. The highest BCUT2D eigenvalue weighted by molar-refractivity contribution is 6.32. The van der Waals surface area contributed by atoms with Crippen LogP contribution in [0.3, 0.4) is 0 Å². The lowest BCUT2D eigenvalue weighted by atomic mass is 9.97. The first-order valence-corrected chi connectivity index (χ1v) is 11.8. The fourth-order valence-electron chi connectivity index (χ4n) is 3.71. The molecule has 6 heteroatoms. The molecule has 0 aromatic heterocycles. The van der Waals surface area contributed by atoms with Crippen molar-refractivity contribution in [3.05, 3.63) is 64.2 Å². The Bertz CT molecular complexity index is 925. The minimum atomic E-state index is -0.255. The maximum Gasteiger partial charge on any atom is 0.262 e. The lowest BCUT2D eigenvalue weighted by Crippen LogP contribution is -2.20. The van der Waals surface area contributed by atoms with E-state index in [2.05, 4.69) is 16.7 Å². The zero-order chi connectivity index (χ0) is 22.8. The van der Waals surface area contributed by atoms with Gasteiger partial charge in [-0.3, -0.25) is 4.79 Å². The summed E-state index contributed by atoms with van der Waals surface area (Å²) in [5.41, 5.74) is 4.44. The number of rotatable bonds is 11. The van der Waals surface area contributed by atoms with E-state index in [0.29, 0.717) is 29.7 Å². The first-order chi connectivity index (χ1) is 15.5. The summed E-state index contributed by atoms with van der Waals surface area (Å²) in [4.78, 5) is 12.3. The summed E-state index contributed by atoms with van der Waals surface area (Å²) in [5, 5.41) is 6.74. The summed E-state index contributed by atoms with van der Waals surface area (Å²) in [7, 11) is 0. The van der Waals surface area contributed by atoms with Gasteiger partial charge in [0.2, 0.25) is 0 Å². The second kappa shape index (κ2) is 12.5. The van der Waals surface area contributed by atoms with Crippen LogP contribution < -0.4 is 20.1 Å². The number of aryl methyl sites for hydroxylation is 1. The van der Waals surface area contributed by atoms with Gasteiger partial charge in [-0.15, -0.1) is 0 Å². The topological polar surface area (TPSA) is 59.6 Å². The third-order valence-corrected chi connectivity index (χ3v) is 5.67. The Kier molecular flexibility index (Phi) is 9.44. The number of allylic oxidation sites excluding steroid dienone is 1. The number of halogens is 1. The maximum atomic E-state index is 12.3. The van der Waals surface area contributed by atoms with Gasteiger partial charge in [0.05, 0.1) is 11.6 Å². The molecule has 32 heavy (non-hydrogen) atoms. The minimum Gasteiger partial charge on any atom is -0.490 e. The summed E-state index contributed by atoms with van der Waals surface area (Å²) in [6.07, 6.45) is 8.54. The number of anilines is 1. The van der Waals surface area contributed by atoms with Crippen molar-refractivity contribution in [1.29, 1.82) is 0 Å². The van der Waals surface area contributed by atoms with Gasteiger partial charge >= 0.3 is 0 Å². The Labute approximate surface area is 196 Å². The molecule has 1 aliphatic rings. The normalized spacial score (nSPS) is 13.4. The number of hydrogen-bond donors (Lipinski definition) is 2. The smallest absolute Gasteiger partial charge is 0.262 e.